The summed E-state index contributed by atoms with van der Waals surface area (Å²) >= 11 is 0. The number of hydrogen-bond acceptors (Lipinski definition) is 10. The normalized spacial score (nSPS) is 19.7. The van der Waals surface area contributed by atoms with Gasteiger partial charge in [0.2, 0.25) is 21.9 Å². The van der Waals surface area contributed by atoms with Crippen molar-refractivity contribution in [3.63, 3.8) is 0 Å². The lowest BCUT2D eigenvalue weighted by Crippen LogP contribution is -2.49. The third kappa shape index (κ3) is 8.50. The lowest BCUT2D eigenvalue weighted by atomic mass is 9.88. The minimum Gasteiger partial charge on any atom is -0.388 e. The number of halogens is 4. The molecule has 14 nitrogen and oxygen atoms in total. The molecule has 2 aromatic carbocycles. The second-order valence-electron chi connectivity index (χ2n) is 15.1. The number of likely N-dealkylation sites (tertiary alicyclic amines) is 1. The topological polar surface area (TPSA) is 166 Å². The van der Waals surface area contributed by atoms with E-state index in [-0.39, 0.29) is 66.8 Å². The van der Waals surface area contributed by atoms with Gasteiger partial charge in [0.1, 0.15) is 5.82 Å². The van der Waals surface area contributed by atoms with Gasteiger partial charge in [-0.15, -0.1) is 0 Å². The molecular formula is C37H43F4N9O5S. The summed E-state index contributed by atoms with van der Waals surface area (Å²) in [6.45, 7) is 3.83. The van der Waals surface area contributed by atoms with Gasteiger partial charge in [0.05, 0.1) is 21.6 Å². The molecule has 0 aliphatic carbocycles. The molecule has 19 heteroatoms. The minimum absolute atomic E-state index is 0.0136. The van der Waals surface area contributed by atoms with Crippen LogP contribution < -0.4 is 15.5 Å². The highest BCUT2D eigenvalue weighted by Gasteiger charge is 2.34. The summed E-state index contributed by atoms with van der Waals surface area (Å²) in [6.07, 6.45) is -0.646. The number of aryl methyl sites for hydroxylation is 1. The Balaban J connectivity index is 0.909. The Hall–Kier alpha value is -4.72. The minimum atomic E-state index is -4.55. The zero-order chi connectivity index (χ0) is 40.0. The molecule has 0 bridgehead atoms. The highest BCUT2D eigenvalue weighted by Crippen LogP contribution is 2.35. The summed E-state index contributed by atoms with van der Waals surface area (Å²) in [5.74, 6) is -0.258. The van der Waals surface area contributed by atoms with Crippen LogP contribution in [0.3, 0.4) is 0 Å². The van der Waals surface area contributed by atoms with Crippen molar-refractivity contribution < 1.29 is 40.7 Å². The molecule has 0 spiro atoms. The van der Waals surface area contributed by atoms with E-state index in [1.54, 1.807) is 11.6 Å². The standard InChI is InChI=1S/C37H43F4N9O5S/c1-36(53,22-48-12-7-23(8-13-48)24-4-6-29-31(17-24)47(2)46-33(29)50-16-11-32(51)45-35(50)52)19-25-3-5-28(18-30(25)38)56(54,55)49-14-9-27(10-15-49)44-34-42-20-26(21-43-34)37(39,40)41/h3-6,17-18,20-21,23,27,53H,7-16,19,22H2,1-2H3,(H,42,43,44)(H,45,51,52). The van der Waals surface area contributed by atoms with Crippen molar-refractivity contribution in [3.05, 3.63) is 71.3 Å². The van der Waals surface area contributed by atoms with Gasteiger partial charge in [-0.05, 0) is 87.0 Å². The monoisotopic (exact) mass is 801 g/mol. The second-order valence-corrected chi connectivity index (χ2v) is 17.0. The molecule has 4 aromatic rings. The highest BCUT2D eigenvalue weighted by atomic mass is 32.2. The number of β-amino-alcohol motifs (C(OH)–C–C–N with tert-alkyl or cyclic N) is 1. The van der Waals surface area contributed by atoms with Crippen molar-refractivity contribution in [2.75, 3.05) is 49.5 Å². The number of alkyl halides is 3. The number of piperidine rings is 2. The van der Waals surface area contributed by atoms with Gasteiger partial charge in [-0.3, -0.25) is 19.7 Å². The maximum Gasteiger partial charge on any atom is 0.419 e. The van der Waals surface area contributed by atoms with Gasteiger partial charge in [0, 0.05) is 69.9 Å². The largest absolute Gasteiger partial charge is 0.419 e. The van der Waals surface area contributed by atoms with Crippen molar-refractivity contribution in [2.45, 2.75) is 74.1 Å². The van der Waals surface area contributed by atoms with E-state index >= 15 is 4.39 Å². The Morgan fingerprint density at radius 3 is 2.30 bits per heavy atom. The van der Waals surface area contributed by atoms with Gasteiger partial charge >= 0.3 is 12.2 Å². The Bertz CT molecular complexity index is 2220. The molecule has 1 atom stereocenters. The van der Waals surface area contributed by atoms with E-state index < -0.39 is 39.2 Å². The SMILES string of the molecule is Cn1nc(N2CCC(=O)NC2=O)c2ccc(C3CCN(CC(C)(O)Cc4ccc(S(=O)(=O)N5CCC(Nc6ncc(C(F)(F)F)cn6)CC5)cc4F)CC3)cc21. The van der Waals surface area contributed by atoms with Crippen LogP contribution in [0.5, 0.6) is 0 Å². The number of carbonyl (C=O) groups excluding carboxylic acids is 2. The summed E-state index contributed by atoms with van der Waals surface area (Å²) in [5, 5.41) is 22.1. The van der Waals surface area contributed by atoms with E-state index in [2.05, 4.69) is 36.7 Å². The fourth-order valence-corrected chi connectivity index (χ4v) is 9.28. The molecule has 5 heterocycles. The first kappa shape index (κ1) is 39.5. The van der Waals surface area contributed by atoms with E-state index in [1.165, 1.54) is 21.3 Å². The molecule has 3 N–H and O–H groups in total. The van der Waals surface area contributed by atoms with Crippen molar-refractivity contribution in [1.82, 2.24) is 34.3 Å². The number of nitrogens with one attached hydrogen (secondary N) is 2. The van der Waals surface area contributed by atoms with Crippen LogP contribution in [-0.4, -0.2) is 105 Å². The lowest BCUT2D eigenvalue weighted by Gasteiger charge is -2.37. The zero-order valence-electron chi connectivity index (χ0n) is 30.9. The molecule has 300 valence electrons. The third-order valence-corrected chi connectivity index (χ3v) is 12.7. The summed E-state index contributed by atoms with van der Waals surface area (Å²) in [5.41, 5.74) is -0.0529. The lowest BCUT2D eigenvalue weighted by molar-refractivity contribution is -0.138. The number of urea groups is 1. The molecule has 3 aliphatic rings. The first-order valence-corrected chi connectivity index (χ1v) is 19.9. The molecule has 7 rings (SSSR count). The van der Waals surface area contributed by atoms with Crippen LogP contribution in [0.15, 0.2) is 53.7 Å². The van der Waals surface area contributed by atoms with Gasteiger partial charge in [-0.25, -0.2) is 27.6 Å². The Kier molecular flexibility index (Phi) is 10.8. The van der Waals surface area contributed by atoms with Crippen LogP contribution in [0.2, 0.25) is 0 Å². The number of amides is 3. The quantitative estimate of drug-likeness (QED) is 0.196. The number of sulfonamides is 1. The third-order valence-electron chi connectivity index (χ3n) is 10.8. The predicted octanol–water partition coefficient (Wildman–Crippen LogP) is 4.41. The molecule has 3 fully saturated rings. The average Bonchev–Trinajstić information content (AvgIpc) is 3.47. The van der Waals surface area contributed by atoms with E-state index in [9.17, 15) is 36.3 Å². The first-order chi connectivity index (χ1) is 26.5. The number of fused-ring (bicyclic) bond motifs is 1. The molecule has 2 aromatic heterocycles. The van der Waals surface area contributed by atoms with Crippen LogP contribution in [0.25, 0.3) is 10.9 Å². The van der Waals surface area contributed by atoms with Crippen molar-refractivity contribution in [3.8, 4) is 0 Å². The predicted molar refractivity (Wildman–Crippen MR) is 198 cm³/mol. The maximum atomic E-state index is 15.4. The first-order valence-electron chi connectivity index (χ1n) is 18.4. The van der Waals surface area contributed by atoms with Gasteiger partial charge in [-0.1, -0.05) is 12.1 Å². The van der Waals surface area contributed by atoms with Crippen molar-refractivity contribution in [1.29, 1.82) is 0 Å². The summed E-state index contributed by atoms with van der Waals surface area (Å²) in [4.78, 5) is 34.9. The maximum absolute atomic E-state index is 15.4. The molecule has 3 aliphatic heterocycles. The van der Waals surface area contributed by atoms with Gasteiger partial charge in [0.25, 0.3) is 0 Å². The number of imide groups is 1. The Labute approximate surface area is 320 Å². The zero-order valence-corrected chi connectivity index (χ0v) is 31.7. The average molecular weight is 802 g/mol. The highest BCUT2D eigenvalue weighted by molar-refractivity contribution is 7.89. The number of aliphatic hydroxyl groups is 1. The number of hydrogen-bond donors (Lipinski definition) is 3. The van der Waals surface area contributed by atoms with E-state index in [0.717, 1.165) is 35.4 Å². The van der Waals surface area contributed by atoms with Crippen molar-refractivity contribution >= 4 is 44.6 Å². The second kappa shape index (κ2) is 15.3. The van der Waals surface area contributed by atoms with Crippen LogP contribution in [0.1, 0.15) is 61.6 Å². The number of carbonyl (C=O) groups is 2. The Morgan fingerprint density at radius 1 is 0.964 bits per heavy atom. The number of anilines is 2. The number of nitrogens with zero attached hydrogens (tertiary/aromatic N) is 7. The van der Waals surface area contributed by atoms with Crippen LogP contribution >= 0.6 is 0 Å². The molecule has 56 heavy (non-hydrogen) atoms. The fourth-order valence-electron chi connectivity index (χ4n) is 7.80. The number of rotatable bonds is 10. The fraction of sp³-hybridized carbons (Fsp3) is 0.486. The van der Waals surface area contributed by atoms with E-state index in [4.69, 9.17) is 0 Å². The molecule has 0 radical (unpaired) electrons. The van der Waals surface area contributed by atoms with E-state index in [1.807, 2.05) is 19.2 Å². The summed E-state index contributed by atoms with van der Waals surface area (Å²) in [6, 6.07) is 9.08. The number of benzene rings is 2. The van der Waals surface area contributed by atoms with Gasteiger partial charge in [0.15, 0.2) is 5.82 Å². The van der Waals surface area contributed by atoms with Crippen molar-refractivity contribution in [2.24, 2.45) is 7.05 Å². The van der Waals surface area contributed by atoms with Gasteiger partial charge in [-0.2, -0.15) is 22.6 Å². The number of aromatic nitrogens is 4. The van der Waals surface area contributed by atoms with Gasteiger partial charge < -0.3 is 15.3 Å². The Morgan fingerprint density at radius 2 is 1.66 bits per heavy atom. The summed E-state index contributed by atoms with van der Waals surface area (Å²) < 4.78 is 83.7. The molecule has 3 amide bonds. The van der Waals surface area contributed by atoms with Crippen LogP contribution in [-0.2, 0) is 34.5 Å². The van der Waals surface area contributed by atoms with E-state index in [0.29, 0.717) is 50.7 Å². The molecule has 3 saturated heterocycles. The smallest absolute Gasteiger partial charge is 0.388 e. The summed E-state index contributed by atoms with van der Waals surface area (Å²) in [7, 11) is -2.21. The molecule has 0 saturated carbocycles. The van der Waals surface area contributed by atoms with Crippen LogP contribution in [0.4, 0.5) is 34.1 Å². The molecular weight excluding hydrogens is 759 g/mol. The molecule has 1 unspecified atom stereocenters. The van der Waals surface area contributed by atoms with Crippen LogP contribution in [0, 0.1) is 5.82 Å².